The number of hydrogen-bond acceptors (Lipinski definition) is 3. The van der Waals surface area contributed by atoms with Crippen LogP contribution in [0.25, 0.3) is 0 Å². The summed E-state index contributed by atoms with van der Waals surface area (Å²) >= 11 is 0. The monoisotopic (exact) mass is 198 g/mol. The highest BCUT2D eigenvalue weighted by Crippen LogP contribution is 2.41. The van der Waals surface area contributed by atoms with Crippen molar-refractivity contribution in [1.82, 2.24) is 0 Å². The van der Waals surface area contributed by atoms with Crippen LogP contribution in [0.3, 0.4) is 0 Å². The van der Waals surface area contributed by atoms with Crippen molar-refractivity contribution in [3.63, 3.8) is 0 Å². The highest BCUT2D eigenvalue weighted by molar-refractivity contribution is 5.97. The molecule has 3 nitrogen and oxygen atoms in total. The van der Waals surface area contributed by atoms with Gasteiger partial charge in [0.2, 0.25) is 0 Å². The molecular formula is C11H18O3. The summed E-state index contributed by atoms with van der Waals surface area (Å²) < 4.78 is 4.70. The molecular weight excluding hydrogens is 180 g/mol. The van der Waals surface area contributed by atoms with Gasteiger partial charge in [-0.2, -0.15) is 0 Å². The predicted octanol–water partition coefficient (Wildman–Crippen LogP) is 2.00. The van der Waals surface area contributed by atoms with Gasteiger partial charge in [-0.25, -0.2) is 0 Å². The molecule has 0 saturated carbocycles. The topological polar surface area (TPSA) is 43.4 Å². The molecule has 3 heteroatoms. The zero-order chi connectivity index (χ0) is 11.1. The smallest absolute Gasteiger partial charge is 0.318 e. The van der Waals surface area contributed by atoms with E-state index in [0.29, 0.717) is 0 Å². The van der Waals surface area contributed by atoms with E-state index >= 15 is 0 Å². The van der Waals surface area contributed by atoms with Crippen LogP contribution < -0.4 is 0 Å². The fourth-order valence-electron chi connectivity index (χ4n) is 2.06. The van der Waals surface area contributed by atoms with Gasteiger partial charge in [0.25, 0.3) is 0 Å². The van der Waals surface area contributed by atoms with Gasteiger partial charge in [0.15, 0.2) is 0 Å². The Balaban J connectivity index is 3.01. The Morgan fingerprint density at radius 2 is 1.64 bits per heavy atom. The van der Waals surface area contributed by atoms with Gasteiger partial charge < -0.3 is 4.74 Å². The molecule has 1 aliphatic heterocycles. The molecule has 1 rings (SSSR count). The van der Waals surface area contributed by atoms with Crippen LogP contribution in [0.1, 0.15) is 34.6 Å². The van der Waals surface area contributed by atoms with E-state index in [9.17, 15) is 9.59 Å². The van der Waals surface area contributed by atoms with E-state index in [1.165, 1.54) is 0 Å². The first-order valence-electron chi connectivity index (χ1n) is 5.00. The van der Waals surface area contributed by atoms with Crippen molar-refractivity contribution in [2.45, 2.75) is 34.6 Å². The average Bonchev–Trinajstić information content (AvgIpc) is 2.23. The number of esters is 2. The van der Waals surface area contributed by atoms with Crippen LogP contribution >= 0.6 is 0 Å². The summed E-state index contributed by atoms with van der Waals surface area (Å²) in [6.45, 7) is 9.79. The lowest BCUT2D eigenvalue weighted by Gasteiger charge is -2.28. The lowest BCUT2D eigenvalue weighted by atomic mass is 9.71. The Bertz CT molecular complexity index is 260. The molecule has 0 amide bonds. The van der Waals surface area contributed by atoms with Crippen molar-refractivity contribution < 1.29 is 14.3 Å². The Hall–Kier alpha value is -0.860. The van der Waals surface area contributed by atoms with Crippen molar-refractivity contribution in [3.8, 4) is 0 Å². The van der Waals surface area contributed by atoms with Gasteiger partial charge in [-0.05, 0) is 11.3 Å². The largest absolute Gasteiger partial charge is 0.393 e. The molecule has 1 fully saturated rings. The number of carbonyl (C=O) groups excluding carboxylic acids is 2. The molecule has 0 bridgehead atoms. The van der Waals surface area contributed by atoms with Crippen LogP contribution in [0, 0.1) is 23.2 Å². The molecule has 1 aliphatic rings. The third-order valence-electron chi connectivity index (χ3n) is 2.74. The first kappa shape index (κ1) is 11.2. The first-order chi connectivity index (χ1) is 6.25. The van der Waals surface area contributed by atoms with Gasteiger partial charge in [0.05, 0.1) is 11.8 Å². The van der Waals surface area contributed by atoms with Gasteiger partial charge in [-0.3, -0.25) is 9.59 Å². The number of carbonyl (C=O) groups is 2. The average molecular weight is 198 g/mol. The Labute approximate surface area is 84.8 Å². The number of ether oxygens (including phenoxy) is 1. The van der Waals surface area contributed by atoms with E-state index in [-0.39, 0.29) is 35.1 Å². The van der Waals surface area contributed by atoms with Crippen molar-refractivity contribution in [2.75, 3.05) is 0 Å². The van der Waals surface area contributed by atoms with E-state index < -0.39 is 0 Å². The summed E-state index contributed by atoms with van der Waals surface area (Å²) in [7, 11) is 0. The highest BCUT2D eigenvalue weighted by Gasteiger charge is 2.51. The molecule has 0 aromatic carbocycles. The predicted molar refractivity (Wildman–Crippen MR) is 52.4 cm³/mol. The van der Waals surface area contributed by atoms with Crippen molar-refractivity contribution in [1.29, 1.82) is 0 Å². The van der Waals surface area contributed by atoms with Crippen LogP contribution in [0.5, 0.6) is 0 Å². The van der Waals surface area contributed by atoms with E-state index in [1.54, 1.807) is 0 Å². The van der Waals surface area contributed by atoms with Gasteiger partial charge in [-0.1, -0.05) is 34.6 Å². The molecule has 80 valence electrons. The summed E-state index contributed by atoms with van der Waals surface area (Å²) in [6, 6.07) is 0. The van der Waals surface area contributed by atoms with E-state index in [0.717, 1.165) is 0 Å². The quantitative estimate of drug-likeness (QED) is 0.478. The molecule has 0 aliphatic carbocycles. The van der Waals surface area contributed by atoms with Crippen molar-refractivity contribution in [3.05, 3.63) is 0 Å². The molecule has 0 aromatic heterocycles. The maximum atomic E-state index is 11.5. The Morgan fingerprint density at radius 3 is 1.93 bits per heavy atom. The molecule has 0 N–H and O–H groups in total. The Kier molecular flexibility index (Phi) is 2.70. The second kappa shape index (κ2) is 3.37. The van der Waals surface area contributed by atoms with Crippen LogP contribution in [0.15, 0.2) is 0 Å². The number of rotatable bonds is 1. The zero-order valence-corrected chi connectivity index (χ0v) is 9.46. The van der Waals surface area contributed by atoms with Crippen LogP contribution in [0.2, 0.25) is 0 Å². The van der Waals surface area contributed by atoms with E-state index in [2.05, 4.69) is 0 Å². The van der Waals surface area contributed by atoms with Crippen molar-refractivity contribution in [2.24, 2.45) is 23.2 Å². The molecule has 0 radical (unpaired) electrons. The molecule has 2 atom stereocenters. The molecule has 0 aromatic rings. The van der Waals surface area contributed by atoms with E-state index in [4.69, 9.17) is 4.74 Å². The first-order valence-corrected chi connectivity index (χ1v) is 5.00. The van der Waals surface area contributed by atoms with Crippen molar-refractivity contribution >= 4 is 11.9 Å². The maximum absolute atomic E-state index is 11.5. The fourth-order valence-corrected chi connectivity index (χ4v) is 2.06. The maximum Gasteiger partial charge on any atom is 0.318 e. The van der Waals surface area contributed by atoms with Crippen LogP contribution in [-0.4, -0.2) is 11.9 Å². The van der Waals surface area contributed by atoms with Gasteiger partial charge in [-0.15, -0.1) is 0 Å². The Morgan fingerprint density at radius 1 is 1.14 bits per heavy atom. The zero-order valence-electron chi connectivity index (χ0n) is 9.46. The summed E-state index contributed by atoms with van der Waals surface area (Å²) in [5, 5.41) is 0. The SMILES string of the molecule is CC(C)C1C(=O)OC(=O)C1C(C)(C)C. The molecule has 1 saturated heterocycles. The number of hydrogen-bond donors (Lipinski definition) is 0. The van der Waals surface area contributed by atoms with Gasteiger partial charge in [0, 0.05) is 0 Å². The second-order valence-corrected chi connectivity index (χ2v) is 5.35. The second-order valence-electron chi connectivity index (χ2n) is 5.35. The van der Waals surface area contributed by atoms with Gasteiger partial charge >= 0.3 is 11.9 Å². The summed E-state index contributed by atoms with van der Waals surface area (Å²) in [5.74, 6) is -1.14. The molecule has 14 heavy (non-hydrogen) atoms. The number of cyclic esters (lactones) is 2. The molecule has 2 unspecified atom stereocenters. The third kappa shape index (κ3) is 1.81. The minimum absolute atomic E-state index is 0.151. The minimum Gasteiger partial charge on any atom is -0.393 e. The van der Waals surface area contributed by atoms with Crippen LogP contribution in [-0.2, 0) is 14.3 Å². The van der Waals surface area contributed by atoms with E-state index in [1.807, 2.05) is 34.6 Å². The summed E-state index contributed by atoms with van der Waals surface area (Å²) in [6.07, 6.45) is 0. The van der Waals surface area contributed by atoms with Crippen LogP contribution in [0.4, 0.5) is 0 Å². The third-order valence-corrected chi connectivity index (χ3v) is 2.74. The minimum atomic E-state index is -0.360. The van der Waals surface area contributed by atoms with Gasteiger partial charge in [0.1, 0.15) is 0 Å². The normalized spacial score (nSPS) is 28.4. The standard InChI is InChI=1S/C11H18O3/c1-6(2)7-8(11(3,4)5)10(13)14-9(7)12/h6-8H,1-5H3. The molecule has 1 heterocycles. The highest BCUT2D eigenvalue weighted by atomic mass is 16.6. The lowest BCUT2D eigenvalue weighted by Crippen LogP contribution is -2.33. The molecule has 0 spiro atoms. The summed E-state index contributed by atoms with van der Waals surface area (Å²) in [4.78, 5) is 22.9. The lowest BCUT2D eigenvalue weighted by molar-refractivity contribution is -0.154. The summed E-state index contributed by atoms with van der Waals surface area (Å²) in [5.41, 5.74) is -0.210. The fraction of sp³-hybridized carbons (Fsp3) is 0.818.